The highest BCUT2D eigenvalue weighted by Gasteiger charge is 2.50. The minimum atomic E-state index is -3.18. The van der Waals surface area contributed by atoms with E-state index in [1.807, 2.05) is 23.6 Å². The van der Waals surface area contributed by atoms with Gasteiger partial charge in [-0.2, -0.15) is 4.31 Å². The second kappa shape index (κ2) is 5.90. The van der Waals surface area contributed by atoms with Crippen LogP contribution in [0, 0.1) is 0 Å². The number of nitrogens with zero attached hydrogens (tertiary/aromatic N) is 4. The van der Waals surface area contributed by atoms with Crippen LogP contribution < -0.4 is 10.2 Å². The lowest BCUT2D eigenvalue weighted by Crippen LogP contribution is -2.62. The Hall–Kier alpha value is -1.71. The van der Waals surface area contributed by atoms with Gasteiger partial charge < -0.3 is 15.2 Å². The Balaban J connectivity index is 1.32. The van der Waals surface area contributed by atoms with E-state index < -0.39 is 10.0 Å². The van der Waals surface area contributed by atoms with Crippen molar-refractivity contribution in [2.24, 2.45) is 0 Å². The van der Waals surface area contributed by atoms with Gasteiger partial charge in [0.1, 0.15) is 23.0 Å². The first-order valence-corrected chi connectivity index (χ1v) is 10.8. The molecule has 0 amide bonds. The number of hydrogen-bond acceptors (Lipinski definition) is 6. The maximum Gasteiger partial charge on any atom is 0.220 e. The summed E-state index contributed by atoms with van der Waals surface area (Å²) in [5, 5.41) is 3.86. The number of aromatic nitrogens is 3. The number of anilines is 1. The zero-order valence-corrected chi connectivity index (χ0v) is 15.6. The van der Waals surface area contributed by atoms with Gasteiger partial charge in [-0.05, 0) is 31.7 Å². The van der Waals surface area contributed by atoms with Gasteiger partial charge in [0.05, 0.1) is 5.39 Å². The van der Waals surface area contributed by atoms with Gasteiger partial charge in [0.2, 0.25) is 10.0 Å². The van der Waals surface area contributed by atoms with Gasteiger partial charge >= 0.3 is 0 Å². The minimum absolute atomic E-state index is 0.129. The van der Waals surface area contributed by atoms with Crippen LogP contribution >= 0.6 is 0 Å². The lowest BCUT2D eigenvalue weighted by atomic mass is 9.85. The number of fused-ring (bicyclic) bond motifs is 1. The third-order valence-corrected chi connectivity index (χ3v) is 8.39. The van der Waals surface area contributed by atoms with E-state index in [1.165, 1.54) is 0 Å². The molecule has 140 valence electrons. The van der Waals surface area contributed by atoms with E-state index >= 15 is 0 Å². The zero-order valence-electron chi connectivity index (χ0n) is 14.8. The third-order valence-electron chi connectivity index (χ3n) is 6.03. The van der Waals surface area contributed by atoms with Crippen molar-refractivity contribution in [3.63, 3.8) is 0 Å². The van der Waals surface area contributed by atoms with Gasteiger partial charge in [0.15, 0.2) is 0 Å². The molecule has 2 aromatic rings. The Labute approximate surface area is 153 Å². The van der Waals surface area contributed by atoms with Gasteiger partial charge in [-0.15, -0.1) is 0 Å². The smallest absolute Gasteiger partial charge is 0.220 e. The molecule has 26 heavy (non-hydrogen) atoms. The van der Waals surface area contributed by atoms with Gasteiger partial charge in [-0.3, -0.25) is 0 Å². The lowest BCUT2D eigenvalue weighted by molar-refractivity contribution is 0.179. The molecular weight excluding hydrogens is 352 g/mol. The summed E-state index contributed by atoms with van der Waals surface area (Å²) in [6, 6.07) is 2.65. The summed E-state index contributed by atoms with van der Waals surface area (Å²) >= 11 is 0. The molecule has 2 aromatic heterocycles. The topological polar surface area (TPSA) is 94.2 Å². The molecule has 5 rings (SSSR count). The number of aromatic amines is 1. The molecule has 2 saturated carbocycles. The molecule has 1 aliphatic heterocycles. The molecule has 3 heterocycles. The van der Waals surface area contributed by atoms with Crippen molar-refractivity contribution in [3.8, 4) is 0 Å². The molecule has 0 bridgehead atoms. The van der Waals surface area contributed by atoms with Crippen LogP contribution in [0.4, 0.5) is 5.82 Å². The van der Waals surface area contributed by atoms with E-state index in [0.717, 1.165) is 42.5 Å². The minimum Gasteiger partial charge on any atom is -0.356 e. The van der Waals surface area contributed by atoms with Crippen LogP contribution in [-0.4, -0.2) is 71.2 Å². The summed E-state index contributed by atoms with van der Waals surface area (Å²) in [5.74, 6) is 0.906. The highest BCUT2D eigenvalue weighted by Crippen LogP contribution is 2.41. The molecule has 0 unspecified atom stereocenters. The highest BCUT2D eigenvalue weighted by molar-refractivity contribution is 7.89. The first kappa shape index (κ1) is 16.5. The predicted molar refractivity (Wildman–Crippen MR) is 99.5 cm³/mol. The van der Waals surface area contributed by atoms with E-state index in [9.17, 15) is 8.42 Å². The van der Waals surface area contributed by atoms with Gasteiger partial charge in [0, 0.05) is 44.5 Å². The lowest BCUT2D eigenvalue weighted by Gasteiger charge is -2.47. The van der Waals surface area contributed by atoms with Gasteiger partial charge in [-0.1, -0.05) is 0 Å². The number of hydrogen-bond donors (Lipinski definition) is 2. The van der Waals surface area contributed by atoms with Gasteiger partial charge in [-0.25, -0.2) is 18.4 Å². The molecule has 9 heteroatoms. The molecule has 0 radical (unpaired) electrons. The zero-order chi connectivity index (χ0) is 17.9. The van der Waals surface area contributed by atoms with E-state index in [1.54, 1.807) is 6.33 Å². The van der Waals surface area contributed by atoms with Crippen molar-refractivity contribution in [2.75, 3.05) is 25.0 Å². The Morgan fingerprint density at radius 1 is 1.12 bits per heavy atom. The summed E-state index contributed by atoms with van der Waals surface area (Å²) in [5.41, 5.74) is 0.831. The van der Waals surface area contributed by atoms with Crippen LogP contribution in [0.1, 0.15) is 25.7 Å². The summed E-state index contributed by atoms with van der Waals surface area (Å²) < 4.78 is 27.8. The van der Waals surface area contributed by atoms with Crippen molar-refractivity contribution in [1.29, 1.82) is 0 Å². The molecule has 2 N–H and O–H groups in total. The molecule has 1 saturated heterocycles. The largest absolute Gasteiger partial charge is 0.356 e. The fourth-order valence-electron chi connectivity index (χ4n) is 4.08. The number of sulfonamides is 1. The average molecular weight is 376 g/mol. The first-order chi connectivity index (χ1) is 12.6. The molecular formula is C17H24N6O2S. The maximum absolute atomic E-state index is 13.0. The quantitative estimate of drug-likeness (QED) is 0.770. The van der Waals surface area contributed by atoms with Crippen LogP contribution in [-0.2, 0) is 10.0 Å². The molecule has 3 fully saturated rings. The third kappa shape index (κ3) is 2.52. The normalized spacial score (nSPS) is 26.7. The fourth-order valence-corrected chi connectivity index (χ4v) is 6.30. The summed E-state index contributed by atoms with van der Waals surface area (Å²) in [4.78, 5) is 14.0. The molecule has 8 nitrogen and oxygen atoms in total. The second-order valence-corrected chi connectivity index (χ2v) is 9.83. The Kier molecular flexibility index (Phi) is 3.74. The van der Waals surface area contributed by atoms with Crippen LogP contribution in [0.5, 0.6) is 0 Å². The van der Waals surface area contributed by atoms with E-state index in [0.29, 0.717) is 19.1 Å². The number of H-pyrrole nitrogens is 1. The van der Waals surface area contributed by atoms with Crippen molar-refractivity contribution >= 4 is 26.9 Å². The monoisotopic (exact) mass is 376 g/mol. The Bertz CT molecular complexity index is 914. The molecule has 0 atom stereocenters. The van der Waals surface area contributed by atoms with E-state index in [2.05, 4.69) is 25.2 Å². The van der Waals surface area contributed by atoms with E-state index in [-0.39, 0.29) is 17.3 Å². The van der Waals surface area contributed by atoms with Gasteiger partial charge in [0.25, 0.3) is 0 Å². The molecule has 0 spiro atoms. The van der Waals surface area contributed by atoms with Crippen LogP contribution in [0.2, 0.25) is 0 Å². The summed E-state index contributed by atoms with van der Waals surface area (Å²) in [6.45, 7) is 1.18. The average Bonchev–Trinajstić information content (AvgIpc) is 3.21. The van der Waals surface area contributed by atoms with Crippen molar-refractivity contribution in [2.45, 2.75) is 49.1 Å². The maximum atomic E-state index is 13.0. The Morgan fingerprint density at radius 2 is 1.88 bits per heavy atom. The second-order valence-electron chi connectivity index (χ2n) is 7.71. The predicted octanol–water partition coefficient (Wildman–Crippen LogP) is 0.691. The van der Waals surface area contributed by atoms with Crippen molar-refractivity contribution in [1.82, 2.24) is 24.6 Å². The SMILES string of the molecule is CN(c1ncnc2[nH]ccc12)[C@H]1C[C@@H](N(C2CC2)S(=O)(=O)C2CNC2)C1. The van der Waals surface area contributed by atoms with Crippen LogP contribution in [0.15, 0.2) is 18.6 Å². The fraction of sp³-hybridized carbons (Fsp3) is 0.647. The first-order valence-electron chi connectivity index (χ1n) is 9.29. The van der Waals surface area contributed by atoms with Crippen molar-refractivity contribution in [3.05, 3.63) is 18.6 Å². The standard InChI is InChI=1S/C17H24N6O2S/c1-22(17-15-4-5-19-16(15)20-10-21-17)12-6-13(7-12)23(11-2-3-11)26(24,25)14-8-18-9-14/h4-5,10-14,18H,2-3,6-9H2,1H3,(H,19,20,21)/t12-,13+. The summed E-state index contributed by atoms with van der Waals surface area (Å²) in [7, 11) is -1.14. The van der Waals surface area contributed by atoms with Crippen LogP contribution in [0.3, 0.4) is 0 Å². The number of nitrogens with one attached hydrogen (secondary N) is 2. The molecule has 3 aliphatic rings. The Morgan fingerprint density at radius 3 is 2.54 bits per heavy atom. The van der Waals surface area contributed by atoms with Crippen LogP contribution in [0.25, 0.3) is 11.0 Å². The number of rotatable bonds is 6. The highest BCUT2D eigenvalue weighted by atomic mass is 32.2. The molecule has 2 aliphatic carbocycles. The molecule has 0 aromatic carbocycles. The van der Waals surface area contributed by atoms with Crippen molar-refractivity contribution < 1.29 is 8.42 Å². The van der Waals surface area contributed by atoms with E-state index in [4.69, 9.17) is 0 Å². The summed E-state index contributed by atoms with van der Waals surface area (Å²) in [6.07, 6.45) is 7.18.